The molecule has 0 saturated carbocycles. The fraction of sp³-hybridized carbons (Fsp3) is 0.346. The molecule has 5 rings (SSSR count). The number of fused-ring (bicyclic) bond motifs is 3. The van der Waals surface area contributed by atoms with E-state index in [0.29, 0.717) is 6.42 Å². The number of carbonyl (C=O) groups is 3. The van der Waals surface area contributed by atoms with E-state index in [0.717, 1.165) is 22.3 Å². The molecule has 1 saturated heterocycles. The van der Waals surface area contributed by atoms with Gasteiger partial charge in [-0.1, -0.05) is 60.7 Å². The van der Waals surface area contributed by atoms with Gasteiger partial charge in [-0.3, -0.25) is 9.59 Å². The fourth-order valence-corrected chi connectivity index (χ4v) is 5.03. The maximum Gasteiger partial charge on any atom is 0.407 e. The Balaban J connectivity index is 1.17. The van der Waals surface area contributed by atoms with Crippen molar-refractivity contribution in [2.75, 3.05) is 19.8 Å². The minimum absolute atomic E-state index is 0.0478. The Labute approximate surface area is 196 Å². The minimum atomic E-state index is -0.910. The number of carbonyl (C=O) groups excluding carboxylic acids is 2. The summed E-state index contributed by atoms with van der Waals surface area (Å²) in [5, 5.41) is 14.7. The number of aliphatic carboxylic acids is 1. The first kappa shape index (κ1) is 22.2. The topological polar surface area (TPSA) is 114 Å². The van der Waals surface area contributed by atoms with Crippen molar-refractivity contribution >= 4 is 18.0 Å². The normalized spacial score (nSPS) is 24.9. The van der Waals surface area contributed by atoms with E-state index in [-0.39, 0.29) is 37.7 Å². The molecule has 3 N–H and O–H groups in total. The largest absolute Gasteiger partial charge is 0.481 e. The van der Waals surface area contributed by atoms with Crippen LogP contribution in [0.3, 0.4) is 0 Å². The molecule has 1 aliphatic heterocycles. The Hall–Kier alpha value is -3.65. The molecular formula is C26H26N2O6. The second kappa shape index (κ2) is 9.30. The predicted octanol–water partition coefficient (Wildman–Crippen LogP) is 2.69. The zero-order valence-electron chi connectivity index (χ0n) is 18.5. The molecule has 3 aliphatic rings. The summed E-state index contributed by atoms with van der Waals surface area (Å²) in [6.07, 6.45) is 3.01. The lowest BCUT2D eigenvalue weighted by Gasteiger charge is -2.21. The highest BCUT2D eigenvalue weighted by atomic mass is 16.5. The SMILES string of the molecule is O=C(NC1COCC1C(=O)NC1C=CC(C(=O)O)C1)OCC1c2ccccc2-c2ccccc21. The second-order valence-electron chi connectivity index (χ2n) is 8.90. The van der Waals surface area contributed by atoms with Crippen molar-refractivity contribution in [1.29, 1.82) is 0 Å². The van der Waals surface area contributed by atoms with Crippen LogP contribution in [0, 0.1) is 11.8 Å². The number of hydrogen-bond donors (Lipinski definition) is 3. The Kier molecular flexibility index (Phi) is 6.06. The lowest BCUT2D eigenvalue weighted by Crippen LogP contribution is -2.48. The summed E-state index contributed by atoms with van der Waals surface area (Å²) in [5.74, 6) is -2.40. The van der Waals surface area contributed by atoms with E-state index < -0.39 is 29.9 Å². The predicted molar refractivity (Wildman–Crippen MR) is 123 cm³/mol. The van der Waals surface area contributed by atoms with Crippen LogP contribution in [0.5, 0.6) is 0 Å². The highest BCUT2D eigenvalue weighted by molar-refractivity contribution is 5.82. The molecule has 4 atom stereocenters. The monoisotopic (exact) mass is 462 g/mol. The lowest BCUT2D eigenvalue weighted by molar-refractivity contribution is -0.140. The molecule has 0 radical (unpaired) electrons. The van der Waals surface area contributed by atoms with Gasteiger partial charge in [0.2, 0.25) is 5.91 Å². The molecule has 2 aromatic rings. The van der Waals surface area contributed by atoms with Crippen LogP contribution in [-0.2, 0) is 19.1 Å². The summed E-state index contributed by atoms with van der Waals surface area (Å²) in [5.41, 5.74) is 4.56. The van der Waals surface area contributed by atoms with E-state index in [2.05, 4.69) is 34.9 Å². The van der Waals surface area contributed by atoms with E-state index in [1.54, 1.807) is 12.2 Å². The molecule has 4 unspecified atom stereocenters. The van der Waals surface area contributed by atoms with E-state index in [1.807, 2.05) is 24.3 Å². The number of ether oxygens (including phenoxy) is 2. The lowest BCUT2D eigenvalue weighted by atomic mass is 9.98. The molecule has 8 nitrogen and oxygen atoms in total. The maximum absolute atomic E-state index is 12.7. The molecule has 1 fully saturated rings. The molecule has 8 heteroatoms. The summed E-state index contributed by atoms with van der Waals surface area (Å²) in [6, 6.07) is 15.4. The highest BCUT2D eigenvalue weighted by Gasteiger charge is 2.37. The Morgan fingerprint density at radius 1 is 0.941 bits per heavy atom. The maximum atomic E-state index is 12.7. The van der Waals surface area contributed by atoms with Crippen LogP contribution in [0.25, 0.3) is 11.1 Å². The molecule has 2 aliphatic carbocycles. The number of carboxylic acid groups (broad SMARTS) is 1. The van der Waals surface area contributed by atoms with E-state index in [4.69, 9.17) is 14.6 Å². The smallest absolute Gasteiger partial charge is 0.407 e. The molecule has 176 valence electrons. The van der Waals surface area contributed by atoms with E-state index in [9.17, 15) is 14.4 Å². The van der Waals surface area contributed by atoms with Gasteiger partial charge >= 0.3 is 12.1 Å². The van der Waals surface area contributed by atoms with Gasteiger partial charge in [-0.15, -0.1) is 0 Å². The summed E-state index contributed by atoms with van der Waals surface area (Å²) >= 11 is 0. The van der Waals surface area contributed by atoms with Crippen molar-refractivity contribution in [2.45, 2.75) is 24.4 Å². The van der Waals surface area contributed by atoms with Gasteiger partial charge in [-0.2, -0.15) is 0 Å². The number of alkyl carbamates (subject to hydrolysis) is 1. The number of amides is 2. The van der Waals surface area contributed by atoms with Crippen molar-refractivity contribution in [3.05, 3.63) is 71.8 Å². The van der Waals surface area contributed by atoms with Crippen molar-refractivity contribution in [3.8, 4) is 11.1 Å². The molecular weight excluding hydrogens is 436 g/mol. The van der Waals surface area contributed by atoms with Gasteiger partial charge in [-0.25, -0.2) is 4.79 Å². The fourth-order valence-electron chi connectivity index (χ4n) is 5.03. The molecule has 1 heterocycles. The van der Waals surface area contributed by atoms with E-state index >= 15 is 0 Å². The Morgan fingerprint density at radius 2 is 1.62 bits per heavy atom. The van der Waals surface area contributed by atoms with Crippen LogP contribution in [0.4, 0.5) is 4.79 Å². The summed E-state index contributed by atoms with van der Waals surface area (Å²) < 4.78 is 11.0. The van der Waals surface area contributed by atoms with Crippen LogP contribution in [0.15, 0.2) is 60.7 Å². The minimum Gasteiger partial charge on any atom is -0.481 e. The molecule has 0 aromatic heterocycles. The number of benzene rings is 2. The summed E-state index contributed by atoms with van der Waals surface area (Å²) in [6.45, 7) is 0.577. The van der Waals surface area contributed by atoms with Gasteiger partial charge in [0.05, 0.1) is 31.1 Å². The van der Waals surface area contributed by atoms with Crippen molar-refractivity contribution < 1.29 is 29.0 Å². The van der Waals surface area contributed by atoms with Crippen molar-refractivity contribution in [2.24, 2.45) is 11.8 Å². The third-order valence-corrected chi connectivity index (χ3v) is 6.79. The molecule has 0 spiro atoms. The van der Waals surface area contributed by atoms with Gasteiger partial charge in [0, 0.05) is 12.0 Å². The third kappa shape index (κ3) is 4.28. The van der Waals surface area contributed by atoms with Crippen LogP contribution < -0.4 is 10.6 Å². The number of rotatable bonds is 6. The standard InChI is InChI=1S/C26H26N2O6/c29-24(27-16-10-9-15(11-16)25(30)31)22-12-33-14-23(22)28-26(32)34-13-21-19-7-3-1-5-17(19)18-6-2-4-8-20(18)21/h1-10,15-16,21-23H,11-14H2,(H,27,29)(H,28,32)(H,30,31). The van der Waals surface area contributed by atoms with Crippen LogP contribution in [-0.4, -0.2) is 55.0 Å². The summed E-state index contributed by atoms with van der Waals surface area (Å²) in [4.78, 5) is 36.5. The average Bonchev–Trinajstić information content (AvgIpc) is 3.56. The zero-order valence-corrected chi connectivity index (χ0v) is 18.5. The second-order valence-corrected chi connectivity index (χ2v) is 8.90. The Bertz CT molecular complexity index is 1100. The third-order valence-electron chi connectivity index (χ3n) is 6.79. The van der Waals surface area contributed by atoms with Crippen LogP contribution in [0.1, 0.15) is 23.5 Å². The molecule has 2 aromatic carbocycles. The molecule has 34 heavy (non-hydrogen) atoms. The first-order chi connectivity index (χ1) is 16.5. The molecule has 2 amide bonds. The highest BCUT2D eigenvalue weighted by Crippen LogP contribution is 2.44. The van der Waals surface area contributed by atoms with Crippen LogP contribution >= 0.6 is 0 Å². The number of nitrogens with one attached hydrogen (secondary N) is 2. The number of carboxylic acids is 1. The summed E-state index contributed by atoms with van der Waals surface area (Å²) in [7, 11) is 0. The van der Waals surface area contributed by atoms with Gasteiger partial charge in [0.1, 0.15) is 6.61 Å². The molecule has 0 bridgehead atoms. The average molecular weight is 463 g/mol. The van der Waals surface area contributed by atoms with Gasteiger partial charge in [-0.05, 0) is 28.7 Å². The quantitative estimate of drug-likeness (QED) is 0.569. The number of hydrogen-bond acceptors (Lipinski definition) is 5. The van der Waals surface area contributed by atoms with Gasteiger partial charge < -0.3 is 25.2 Å². The Morgan fingerprint density at radius 3 is 2.26 bits per heavy atom. The van der Waals surface area contributed by atoms with Crippen LogP contribution in [0.2, 0.25) is 0 Å². The van der Waals surface area contributed by atoms with Gasteiger partial charge in [0.15, 0.2) is 0 Å². The van der Waals surface area contributed by atoms with E-state index in [1.165, 1.54) is 0 Å². The first-order valence-electron chi connectivity index (χ1n) is 11.4. The van der Waals surface area contributed by atoms with Crippen molar-refractivity contribution in [3.63, 3.8) is 0 Å². The zero-order chi connectivity index (χ0) is 23.7. The first-order valence-corrected chi connectivity index (χ1v) is 11.4. The van der Waals surface area contributed by atoms with Crippen molar-refractivity contribution in [1.82, 2.24) is 10.6 Å². The van der Waals surface area contributed by atoms with Gasteiger partial charge in [0.25, 0.3) is 0 Å².